The lowest BCUT2D eigenvalue weighted by Gasteiger charge is -2.11. The maximum absolute atomic E-state index is 10.9. The van der Waals surface area contributed by atoms with Crippen LogP contribution in [0.1, 0.15) is 18.2 Å². The van der Waals surface area contributed by atoms with Gasteiger partial charge in [0.15, 0.2) is 0 Å². The predicted octanol–water partition coefficient (Wildman–Crippen LogP) is 0.588. The summed E-state index contributed by atoms with van der Waals surface area (Å²) in [5.41, 5.74) is 6.73. The molecular weight excluding hydrogens is 168 g/mol. The van der Waals surface area contributed by atoms with Crippen molar-refractivity contribution in [3.8, 4) is 0 Å². The van der Waals surface area contributed by atoms with Gasteiger partial charge in [0.1, 0.15) is 0 Å². The molecule has 1 aromatic rings. The number of hydrogen-bond acceptors (Lipinski definition) is 3. The molecule has 0 aliphatic rings. The smallest absolute Gasteiger partial charge is 0.307 e. The summed E-state index contributed by atoms with van der Waals surface area (Å²) in [5, 5.41) is 0. The molecule has 0 radical (unpaired) electrons. The molecule has 0 aliphatic carbocycles. The molecule has 0 spiro atoms. The lowest BCUT2D eigenvalue weighted by atomic mass is 10.1. The Balaban J connectivity index is 2.63. The fourth-order valence-electron chi connectivity index (χ4n) is 1.23. The molecule has 1 rings (SSSR count). The highest BCUT2D eigenvalue weighted by atomic mass is 16.5. The van der Waals surface area contributed by atoms with Crippen LogP contribution >= 0.6 is 0 Å². The normalized spacial score (nSPS) is 12.5. The summed E-state index contributed by atoms with van der Waals surface area (Å²) < 4.78 is 6.43. The molecule has 0 saturated carbocycles. The number of aromatic nitrogens is 1. The number of nitrogens with two attached hydrogens (primary N) is 1. The van der Waals surface area contributed by atoms with Crippen molar-refractivity contribution in [3.63, 3.8) is 0 Å². The number of nitrogens with zero attached hydrogens (tertiary/aromatic N) is 1. The third-order valence-corrected chi connectivity index (χ3v) is 1.98. The second kappa shape index (κ2) is 4.09. The maximum Gasteiger partial charge on any atom is 0.307 e. The number of rotatable bonds is 3. The van der Waals surface area contributed by atoms with Crippen molar-refractivity contribution in [1.29, 1.82) is 0 Å². The molecule has 4 nitrogen and oxygen atoms in total. The molecule has 1 heterocycles. The van der Waals surface area contributed by atoms with Gasteiger partial charge in [0.2, 0.25) is 0 Å². The molecular formula is C9H14N2O2. The van der Waals surface area contributed by atoms with Crippen LogP contribution in [0.25, 0.3) is 0 Å². The molecule has 0 bridgehead atoms. The molecule has 0 fully saturated rings. The van der Waals surface area contributed by atoms with E-state index in [2.05, 4.69) is 4.74 Å². The molecule has 2 N–H and O–H groups in total. The van der Waals surface area contributed by atoms with Crippen LogP contribution < -0.4 is 5.73 Å². The first kappa shape index (κ1) is 9.80. The van der Waals surface area contributed by atoms with E-state index in [9.17, 15) is 4.79 Å². The molecule has 0 aromatic carbocycles. The van der Waals surface area contributed by atoms with Crippen LogP contribution in [0.15, 0.2) is 18.3 Å². The van der Waals surface area contributed by atoms with Crippen LogP contribution in [0, 0.1) is 0 Å². The van der Waals surface area contributed by atoms with Crippen LogP contribution in [0.3, 0.4) is 0 Å². The van der Waals surface area contributed by atoms with Crippen LogP contribution in [0.5, 0.6) is 0 Å². The Labute approximate surface area is 77.3 Å². The Morgan fingerprint density at radius 2 is 2.46 bits per heavy atom. The van der Waals surface area contributed by atoms with E-state index in [4.69, 9.17) is 5.73 Å². The Morgan fingerprint density at radius 3 is 2.92 bits per heavy atom. The Kier molecular flexibility index (Phi) is 3.08. The summed E-state index contributed by atoms with van der Waals surface area (Å²) in [6, 6.07) is 3.51. The van der Waals surface area contributed by atoms with Crippen LogP contribution in [0.4, 0.5) is 0 Å². The number of aryl methyl sites for hydroxylation is 1. The summed E-state index contributed by atoms with van der Waals surface area (Å²) in [6.45, 7) is 0. The van der Waals surface area contributed by atoms with Crippen LogP contribution in [-0.2, 0) is 16.6 Å². The van der Waals surface area contributed by atoms with Gasteiger partial charge in [0.05, 0.1) is 19.6 Å². The van der Waals surface area contributed by atoms with E-state index in [0.717, 1.165) is 5.69 Å². The predicted molar refractivity (Wildman–Crippen MR) is 49.0 cm³/mol. The third kappa shape index (κ3) is 2.32. The first-order chi connectivity index (χ1) is 6.15. The molecule has 0 saturated heterocycles. The second-order valence-corrected chi connectivity index (χ2v) is 2.93. The van der Waals surface area contributed by atoms with Gasteiger partial charge in [-0.1, -0.05) is 0 Å². The molecule has 0 amide bonds. The van der Waals surface area contributed by atoms with Crippen molar-refractivity contribution < 1.29 is 9.53 Å². The number of esters is 1. The lowest BCUT2D eigenvalue weighted by Crippen LogP contribution is -2.18. The van der Waals surface area contributed by atoms with Gasteiger partial charge >= 0.3 is 5.97 Å². The number of ether oxygens (including phenoxy) is 1. The average Bonchev–Trinajstić information content (AvgIpc) is 2.51. The van der Waals surface area contributed by atoms with E-state index in [1.165, 1.54) is 7.11 Å². The minimum atomic E-state index is -0.285. The number of carbonyl (C=O) groups is 1. The van der Waals surface area contributed by atoms with Crippen molar-refractivity contribution in [2.24, 2.45) is 12.8 Å². The van der Waals surface area contributed by atoms with E-state index in [1.54, 1.807) is 0 Å². The average molecular weight is 182 g/mol. The molecule has 0 unspecified atom stereocenters. The Morgan fingerprint density at radius 1 is 1.77 bits per heavy atom. The number of carbonyl (C=O) groups excluding carboxylic acids is 1. The van der Waals surface area contributed by atoms with Gasteiger partial charge in [0.25, 0.3) is 0 Å². The minimum Gasteiger partial charge on any atom is -0.469 e. The molecule has 0 aliphatic heterocycles. The monoisotopic (exact) mass is 182 g/mol. The highest BCUT2D eigenvalue weighted by molar-refractivity contribution is 5.70. The van der Waals surface area contributed by atoms with Gasteiger partial charge < -0.3 is 15.0 Å². The van der Waals surface area contributed by atoms with Crippen molar-refractivity contribution in [2.75, 3.05) is 7.11 Å². The van der Waals surface area contributed by atoms with E-state index in [0.29, 0.717) is 0 Å². The zero-order chi connectivity index (χ0) is 9.84. The van der Waals surface area contributed by atoms with Gasteiger partial charge in [-0.25, -0.2) is 0 Å². The van der Waals surface area contributed by atoms with Crippen LogP contribution in [0.2, 0.25) is 0 Å². The topological polar surface area (TPSA) is 57.2 Å². The Bertz CT molecular complexity index is 294. The van der Waals surface area contributed by atoms with E-state index < -0.39 is 0 Å². The largest absolute Gasteiger partial charge is 0.469 e. The zero-order valence-electron chi connectivity index (χ0n) is 7.86. The van der Waals surface area contributed by atoms with Gasteiger partial charge in [-0.05, 0) is 12.1 Å². The SMILES string of the molecule is COC(=O)C[C@@H](N)c1cccn1C. The van der Waals surface area contributed by atoms with Crippen molar-refractivity contribution in [3.05, 3.63) is 24.0 Å². The van der Waals surface area contributed by atoms with Gasteiger partial charge in [-0.3, -0.25) is 4.79 Å². The van der Waals surface area contributed by atoms with Crippen LogP contribution in [-0.4, -0.2) is 17.6 Å². The van der Waals surface area contributed by atoms with Crippen molar-refractivity contribution >= 4 is 5.97 Å². The van der Waals surface area contributed by atoms with E-state index >= 15 is 0 Å². The molecule has 1 aromatic heterocycles. The van der Waals surface area contributed by atoms with Gasteiger partial charge in [-0.2, -0.15) is 0 Å². The summed E-state index contributed by atoms with van der Waals surface area (Å²) >= 11 is 0. The molecule has 13 heavy (non-hydrogen) atoms. The zero-order valence-corrected chi connectivity index (χ0v) is 7.86. The Hall–Kier alpha value is -1.29. The standard InChI is InChI=1S/C9H14N2O2/c1-11-5-3-4-8(11)7(10)6-9(12)13-2/h3-5,7H,6,10H2,1-2H3/t7-/m1/s1. The summed E-state index contributed by atoms with van der Waals surface area (Å²) in [6.07, 6.45) is 2.11. The highest BCUT2D eigenvalue weighted by Crippen LogP contribution is 2.13. The minimum absolute atomic E-state index is 0.217. The fourth-order valence-corrected chi connectivity index (χ4v) is 1.23. The number of hydrogen-bond donors (Lipinski definition) is 1. The first-order valence-electron chi connectivity index (χ1n) is 4.08. The summed E-state index contributed by atoms with van der Waals surface area (Å²) in [7, 11) is 3.26. The second-order valence-electron chi connectivity index (χ2n) is 2.93. The van der Waals surface area contributed by atoms with Gasteiger partial charge in [0, 0.05) is 18.9 Å². The highest BCUT2D eigenvalue weighted by Gasteiger charge is 2.13. The van der Waals surface area contributed by atoms with E-state index in [-0.39, 0.29) is 18.4 Å². The molecule has 72 valence electrons. The third-order valence-electron chi connectivity index (χ3n) is 1.98. The van der Waals surface area contributed by atoms with E-state index in [1.807, 2.05) is 29.9 Å². The lowest BCUT2D eigenvalue weighted by molar-refractivity contribution is -0.141. The fraction of sp³-hybridized carbons (Fsp3) is 0.444. The molecule has 4 heteroatoms. The van der Waals surface area contributed by atoms with Crippen molar-refractivity contribution in [2.45, 2.75) is 12.5 Å². The quantitative estimate of drug-likeness (QED) is 0.696. The summed E-state index contributed by atoms with van der Waals surface area (Å²) in [5.74, 6) is -0.284. The van der Waals surface area contributed by atoms with Crippen molar-refractivity contribution in [1.82, 2.24) is 4.57 Å². The van der Waals surface area contributed by atoms with Gasteiger partial charge in [-0.15, -0.1) is 0 Å². The maximum atomic E-state index is 10.9. The number of methoxy groups -OCH3 is 1. The first-order valence-corrected chi connectivity index (χ1v) is 4.08. The summed E-state index contributed by atoms with van der Waals surface area (Å²) in [4.78, 5) is 10.9. The molecule has 1 atom stereocenters.